The minimum absolute atomic E-state index is 0.0148. The molecule has 0 radical (unpaired) electrons. The van der Waals surface area contributed by atoms with E-state index < -0.39 is 0 Å². The van der Waals surface area contributed by atoms with Crippen LogP contribution in [0.15, 0.2) is 0 Å². The molecule has 0 atom stereocenters. The van der Waals surface area contributed by atoms with Crippen LogP contribution in [0.5, 0.6) is 0 Å². The number of piperidine rings is 1. The standard InChI is InChI=1S/C11H24N2O2/c1-9(2)13-5-3-10(4-6-13)12-11(7-14)8-15/h9-12,14-15H,3-8H2,1-2H3. The molecule has 1 aliphatic heterocycles. The van der Waals surface area contributed by atoms with Crippen molar-refractivity contribution < 1.29 is 10.2 Å². The number of aliphatic hydroxyl groups is 2. The summed E-state index contributed by atoms with van der Waals surface area (Å²) in [5, 5.41) is 21.2. The number of nitrogens with one attached hydrogen (secondary N) is 1. The van der Waals surface area contributed by atoms with E-state index in [-0.39, 0.29) is 19.3 Å². The van der Waals surface area contributed by atoms with Crippen LogP contribution in [0.4, 0.5) is 0 Å². The first-order valence-electron chi connectivity index (χ1n) is 5.89. The van der Waals surface area contributed by atoms with Crippen molar-refractivity contribution in [3.05, 3.63) is 0 Å². The maximum Gasteiger partial charge on any atom is 0.0607 e. The van der Waals surface area contributed by atoms with Crippen molar-refractivity contribution in [2.75, 3.05) is 26.3 Å². The van der Waals surface area contributed by atoms with Crippen molar-refractivity contribution in [1.29, 1.82) is 0 Å². The zero-order valence-corrected chi connectivity index (χ0v) is 9.82. The molecule has 0 saturated carbocycles. The Morgan fingerprint density at radius 1 is 1.20 bits per heavy atom. The Balaban J connectivity index is 2.25. The molecule has 0 bridgehead atoms. The fraction of sp³-hybridized carbons (Fsp3) is 1.00. The molecule has 3 N–H and O–H groups in total. The molecular formula is C11H24N2O2. The van der Waals surface area contributed by atoms with E-state index >= 15 is 0 Å². The van der Waals surface area contributed by atoms with Gasteiger partial charge in [0.15, 0.2) is 0 Å². The van der Waals surface area contributed by atoms with Crippen molar-refractivity contribution in [3.8, 4) is 0 Å². The molecule has 1 fully saturated rings. The molecule has 0 aromatic rings. The van der Waals surface area contributed by atoms with Gasteiger partial charge in [0.25, 0.3) is 0 Å². The number of hydrogen-bond acceptors (Lipinski definition) is 4. The SMILES string of the molecule is CC(C)N1CCC(NC(CO)CO)CC1. The Labute approximate surface area is 92.3 Å². The minimum atomic E-state index is -0.152. The van der Waals surface area contributed by atoms with E-state index in [1.807, 2.05) is 0 Å². The maximum atomic E-state index is 8.96. The van der Waals surface area contributed by atoms with Crippen LogP contribution in [-0.4, -0.2) is 59.5 Å². The van der Waals surface area contributed by atoms with Crippen LogP contribution >= 0.6 is 0 Å². The Kier molecular flexibility index (Phi) is 5.53. The van der Waals surface area contributed by atoms with Gasteiger partial charge in [0, 0.05) is 12.1 Å². The third kappa shape index (κ3) is 4.07. The second-order valence-electron chi connectivity index (χ2n) is 4.63. The Bertz CT molecular complexity index is 164. The zero-order valence-electron chi connectivity index (χ0n) is 9.82. The monoisotopic (exact) mass is 216 g/mol. The minimum Gasteiger partial charge on any atom is -0.395 e. The van der Waals surface area contributed by atoms with Gasteiger partial charge in [-0.3, -0.25) is 0 Å². The first kappa shape index (κ1) is 12.9. The number of nitrogens with zero attached hydrogens (tertiary/aromatic N) is 1. The van der Waals surface area contributed by atoms with E-state index in [4.69, 9.17) is 10.2 Å². The van der Waals surface area contributed by atoms with Crippen LogP contribution in [0.1, 0.15) is 26.7 Å². The van der Waals surface area contributed by atoms with Gasteiger partial charge >= 0.3 is 0 Å². The molecule has 0 amide bonds. The van der Waals surface area contributed by atoms with Gasteiger partial charge in [0.1, 0.15) is 0 Å². The molecule has 4 nitrogen and oxygen atoms in total. The van der Waals surface area contributed by atoms with Crippen molar-refractivity contribution in [2.45, 2.75) is 44.8 Å². The van der Waals surface area contributed by atoms with Crippen molar-refractivity contribution in [3.63, 3.8) is 0 Å². The van der Waals surface area contributed by atoms with Gasteiger partial charge in [-0.1, -0.05) is 0 Å². The van der Waals surface area contributed by atoms with E-state index in [2.05, 4.69) is 24.1 Å². The quantitative estimate of drug-likeness (QED) is 0.596. The van der Waals surface area contributed by atoms with Crippen LogP contribution < -0.4 is 5.32 Å². The fourth-order valence-electron chi connectivity index (χ4n) is 2.08. The molecule has 1 aliphatic rings. The highest BCUT2D eigenvalue weighted by atomic mass is 16.3. The van der Waals surface area contributed by atoms with Gasteiger partial charge in [-0.15, -0.1) is 0 Å². The smallest absolute Gasteiger partial charge is 0.0607 e. The Hall–Kier alpha value is -0.160. The first-order valence-corrected chi connectivity index (χ1v) is 5.89. The average Bonchev–Trinajstić information content (AvgIpc) is 2.26. The second kappa shape index (κ2) is 6.43. The summed E-state index contributed by atoms with van der Waals surface area (Å²) in [4.78, 5) is 2.46. The number of rotatable bonds is 5. The van der Waals surface area contributed by atoms with Crippen LogP contribution in [0.3, 0.4) is 0 Å². The summed E-state index contributed by atoms with van der Waals surface area (Å²) in [5.74, 6) is 0. The molecule has 0 aromatic carbocycles. The Morgan fingerprint density at radius 3 is 2.13 bits per heavy atom. The fourth-order valence-corrected chi connectivity index (χ4v) is 2.08. The van der Waals surface area contributed by atoms with Crippen LogP contribution in [0, 0.1) is 0 Å². The first-order chi connectivity index (χ1) is 7.17. The second-order valence-corrected chi connectivity index (χ2v) is 4.63. The van der Waals surface area contributed by atoms with Gasteiger partial charge in [0.2, 0.25) is 0 Å². The third-order valence-electron chi connectivity index (χ3n) is 3.17. The lowest BCUT2D eigenvalue weighted by Gasteiger charge is -2.36. The van der Waals surface area contributed by atoms with Crippen LogP contribution in [0.2, 0.25) is 0 Å². The summed E-state index contributed by atoms with van der Waals surface area (Å²) in [6.07, 6.45) is 2.21. The molecular weight excluding hydrogens is 192 g/mol. The molecule has 4 heteroatoms. The molecule has 0 aliphatic carbocycles. The molecule has 15 heavy (non-hydrogen) atoms. The van der Waals surface area contributed by atoms with Crippen LogP contribution in [0.25, 0.3) is 0 Å². The molecule has 0 aromatic heterocycles. The van der Waals surface area contributed by atoms with Gasteiger partial charge in [-0.25, -0.2) is 0 Å². The van der Waals surface area contributed by atoms with Gasteiger partial charge in [0.05, 0.1) is 19.3 Å². The summed E-state index contributed by atoms with van der Waals surface area (Å²) < 4.78 is 0. The highest BCUT2D eigenvalue weighted by Gasteiger charge is 2.22. The van der Waals surface area contributed by atoms with Gasteiger partial charge in [-0.2, -0.15) is 0 Å². The van der Waals surface area contributed by atoms with Crippen molar-refractivity contribution in [1.82, 2.24) is 10.2 Å². The summed E-state index contributed by atoms with van der Waals surface area (Å²) in [5.41, 5.74) is 0. The summed E-state index contributed by atoms with van der Waals surface area (Å²) in [6, 6.07) is 0.919. The Morgan fingerprint density at radius 2 is 1.73 bits per heavy atom. The number of aliphatic hydroxyl groups excluding tert-OH is 2. The molecule has 1 saturated heterocycles. The predicted octanol–water partition coefficient (Wildman–Crippen LogP) is -0.198. The molecule has 1 heterocycles. The average molecular weight is 216 g/mol. The van der Waals surface area contributed by atoms with E-state index in [9.17, 15) is 0 Å². The van der Waals surface area contributed by atoms with E-state index in [1.54, 1.807) is 0 Å². The van der Waals surface area contributed by atoms with E-state index in [1.165, 1.54) is 0 Å². The lowest BCUT2D eigenvalue weighted by atomic mass is 10.0. The van der Waals surface area contributed by atoms with Gasteiger partial charge < -0.3 is 20.4 Å². The van der Waals surface area contributed by atoms with Crippen LogP contribution in [-0.2, 0) is 0 Å². The molecule has 90 valence electrons. The van der Waals surface area contributed by atoms with E-state index in [0.29, 0.717) is 12.1 Å². The largest absolute Gasteiger partial charge is 0.395 e. The highest BCUT2D eigenvalue weighted by molar-refractivity contribution is 4.81. The van der Waals surface area contributed by atoms with E-state index in [0.717, 1.165) is 25.9 Å². The molecule has 0 unspecified atom stereocenters. The molecule has 1 rings (SSSR count). The lowest BCUT2D eigenvalue weighted by Crippen LogP contribution is -2.49. The van der Waals surface area contributed by atoms with Crippen molar-refractivity contribution in [2.24, 2.45) is 0 Å². The predicted molar refractivity (Wildman–Crippen MR) is 60.8 cm³/mol. The summed E-state index contributed by atoms with van der Waals surface area (Å²) in [7, 11) is 0. The summed E-state index contributed by atoms with van der Waals surface area (Å²) >= 11 is 0. The zero-order chi connectivity index (χ0) is 11.3. The third-order valence-corrected chi connectivity index (χ3v) is 3.17. The summed E-state index contributed by atoms with van der Waals surface area (Å²) in [6.45, 7) is 6.69. The van der Waals surface area contributed by atoms with Gasteiger partial charge in [-0.05, 0) is 39.8 Å². The molecule has 0 spiro atoms. The maximum absolute atomic E-state index is 8.96. The van der Waals surface area contributed by atoms with Crippen molar-refractivity contribution >= 4 is 0 Å². The lowest BCUT2D eigenvalue weighted by molar-refractivity contribution is 0.125. The highest BCUT2D eigenvalue weighted by Crippen LogP contribution is 2.13. The number of hydrogen-bond donors (Lipinski definition) is 3. The number of likely N-dealkylation sites (tertiary alicyclic amines) is 1. The topological polar surface area (TPSA) is 55.7 Å². The normalized spacial score (nSPS) is 20.4.